The zero-order chi connectivity index (χ0) is 47.6. The van der Waals surface area contributed by atoms with E-state index in [1.807, 2.05) is 49.5 Å². The molecule has 19 unspecified atom stereocenters. The van der Waals surface area contributed by atoms with Crippen molar-refractivity contribution in [2.45, 2.75) is 177 Å². The molecule has 0 aromatic rings. The topological polar surface area (TPSA) is 303 Å². The number of rotatable bonds is 3. The molecule has 3 rings (SSSR count). The lowest BCUT2D eigenvalue weighted by molar-refractivity contribution is -0.312. The first-order valence-corrected chi connectivity index (χ1v) is 22.3. The summed E-state index contributed by atoms with van der Waals surface area (Å²) in [5.41, 5.74) is 6.04. The lowest BCUT2D eigenvalue weighted by Crippen LogP contribution is -2.61. The minimum absolute atomic E-state index is 0.0734. The second-order valence-corrected chi connectivity index (χ2v) is 17.6. The van der Waals surface area contributed by atoms with Gasteiger partial charge in [0.15, 0.2) is 12.1 Å². The Morgan fingerprint density at radius 1 is 0.656 bits per heavy atom. The molecule has 0 spiro atoms. The molecule has 2 bridgehead atoms. The smallest absolute Gasteiger partial charge is 0.308 e. The zero-order valence-electron chi connectivity index (χ0n) is 37.4. The van der Waals surface area contributed by atoms with Crippen LogP contribution in [0.5, 0.6) is 0 Å². The molecule has 0 aromatic heterocycles. The number of allylic oxidation sites excluding steroid dienone is 12. The van der Waals surface area contributed by atoms with E-state index >= 15 is 0 Å². The fourth-order valence-electron chi connectivity index (χ4n) is 7.95. The van der Waals surface area contributed by atoms with Crippen molar-refractivity contribution in [3.63, 3.8) is 0 Å². The normalized spacial score (nSPS) is 46.1. The molecular formula is C47H75NO16. The molecule has 17 heteroatoms. The van der Waals surface area contributed by atoms with E-state index in [1.165, 1.54) is 0 Å². The molecule has 0 radical (unpaired) electrons. The third-order valence-electron chi connectivity index (χ3n) is 12.1. The van der Waals surface area contributed by atoms with Crippen LogP contribution in [-0.2, 0) is 23.7 Å². The van der Waals surface area contributed by atoms with Crippen molar-refractivity contribution >= 4 is 5.97 Å². The molecule has 13 N–H and O–H groups in total. The first kappa shape index (κ1) is 55.4. The van der Waals surface area contributed by atoms with Crippen LogP contribution in [0.3, 0.4) is 0 Å². The molecule has 0 saturated carbocycles. The lowest BCUT2D eigenvalue weighted by atomic mass is 9.83. The average molecular weight is 910 g/mol. The SMILES string of the molecule is CC1/C=C/C=C/C=C/C=C/C=C/C=C/C=C/C(OC2OC(C)C(O)C(N)C2O)CC2OC(O)(CC(O)CC(O)C(O)CCC(O)CC(O)CC(=O)OC(C)C(C)C1O)CC(O)C2CO. The number of hydrogen-bond donors (Lipinski definition) is 12. The van der Waals surface area contributed by atoms with E-state index in [9.17, 15) is 61.0 Å². The Morgan fingerprint density at radius 3 is 1.83 bits per heavy atom. The van der Waals surface area contributed by atoms with Gasteiger partial charge in [0.25, 0.3) is 0 Å². The largest absolute Gasteiger partial charge is 0.462 e. The van der Waals surface area contributed by atoms with Crippen molar-refractivity contribution in [3.8, 4) is 0 Å². The lowest BCUT2D eigenvalue weighted by Gasteiger charge is -2.46. The molecule has 17 nitrogen and oxygen atoms in total. The van der Waals surface area contributed by atoms with Crippen LogP contribution in [0.25, 0.3) is 0 Å². The molecule has 3 aliphatic rings. The van der Waals surface area contributed by atoms with E-state index in [0.717, 1.165) is 0 Å². The average Bonchev–Trinajstić information content (AvgIpc) is 3.22. The van der Waals surface area contributed by atoms with Crippen molar-refractivity contribution in [1.29, 1.82) is 0 Å². The maximum Gasteiger partial charge on any atom is 0.308 e. The summed E-state index contributed by atoms with van der Waals surface area (Å²) in [5.74, 6) is -4.50. The Bertz CT molecular complexity index is 1580. The predicted molar refractivity (Wildman–Crippen MR) is 236 cm³/mol. The van der Waals surface area contributed by atoms with Crippen molar-refractivity contribution in [1.82, 2.24) is 0 Å². The number of hydrogen-bond acceptors (Lipinski definition) is 17. The van der Waals surface area contributed by atoms with E-state index < -0.39 is 148 Å². The van der Waals surface area contributed by atoms with Gasteiger partial charge in [-0.15, -0.1) is 0 Å². The van der Waals surface area contributed by atoms with E-state index in [4.69, 9.17) is 24.7 Å². The van der Waals surface area contributed by atoms with E-state index in [-0.39, 0.29) is 31.6 Å². The number of carbonyl (C=O) groups is 1. The summed E-state index contributed by atoms with van der Waals surface area (Å²) in [7, 11) is 0. The Kier molecular flexibility index (Phi) is 23.9. The first-order valence-electron chi connectivity index (χ1n) is 22.3. The van der Waals surface area contributed by atoms with Crippen LogP contribution in [0, 0.1) is 17.8 Å². The molecule has 2 fully saturated rings. The van der Waals surface area contributed by atoms with Crippen molar-refractivity contribution in [3.05, 3.63) is 85.1 Å². The molecule has 2 saturated heterocycles. The molecule has 364 valence electrons. The van der Waals surface area contributed by atoms with E-state index in [0.29, 0.717) is 0 Å². The predicted octanol–water partition coefficient (Wildman–Crippen LogP) is 0.619. The number of cyclic esters (lactones) is 1. The van der Waals surface area contributed by atoms with Gasteiger partial charge < -0.3 is 80.9 Å². The highest BCUT2D eigenvalue weighted by atomic mass is 16.7. The first-order chi connectivity index (χ1) is 30.2. The number of aliphatic hydroxyl groups is 11. The monoisotopic (exact) mass is 910 g/mol. The fraction of sp³-hybridized carbons (Fsp3) is 0.681. The summed E-state index contributed by atoms with van der Waals surface area (Å²) in [5, 5.41) is 118. The molecule has 0 aromatic carbocycles. The number of carbonyl (C=O) groups excluding carboxylic acids is 1. The van der Waals surface area contributed by atoms with Gasteiger partial charge in [-0.1, -0.05) is 98.9 Å². The molecule has 0 aliphatic carbocycles. The highest BCUT2D eigenvalue weighted by Gasteiger charge is 2.48. The van der Waals surface area contributed by atoms with E-state index in [2.05, 4.69) is 0 Å². The number of fused-ring (bicyclic) bond motifs is 2. The standard InChI is InChI=1S/C47H75NO16/c1-28-17-15-13-11-9-7-5-6-8-10-12-14-16-18-35(63-46-45(59)42(48)44(58)31(4)62-46)24-40-36(27-49)39(55)26-47(60,64-40)25-34(52)22-38(54)37(53)20-19-32(50)21-33(51)23-41(56)61-30(3)29(2)43(28)57/h5-18,28-40,42-46,49-55,57-60H,19-27,48H2,1-4H3/b6-5+,9-7+,10-8+,13-11+,14-12+,17-15+,18-16+. The minimum Gasteiger partial charge on any atom is -0.462 e. The van der Waals surface area contributed by atoms with Gasteiger partial charge >= 0.3 is 5.97 Å². The van der Waals surface area contributed by atoms with Gasteiger partial charge in [0.2, 0.25) is 0 Å². The van der Waals surface area contributed by atoms with Crippen LogP contribution in [0.4, 0.5) is 0 Å². The van der Waals surface area contributed by atoms with Gasteiger partial charge in [0.1, 0.15) is 12.2 Å². The number of esters is 1. The number of aliphatic hydroxyl groups excluding tert-OH is 10. The van der Waals surface area contributed by atoms with Crippen molar-refractivity contribution < 1.29 is 79.9 Å². The van der Waals surface area contributed by atoms with Gasteiger partial charge in [0, 0.05) is 43.4 Å². The Labute approximate surface area is 376 Å². The van der Waals surface area contributed by atoms with Gasteiger partial charge in [-0.05, 0) is 33.1 Å². The van der Waals surface area contributed by atoms with Crippen LogP contribution >= 0.6 is 0 Å². The Hall–Kier alpha value is -2.95. The number of nitrogens with two attached hydrogens (primary N) is 1. The van der Waals surface area contributed by atoms with Gasteiger partial charge in [-0.25, -0.2) is 0 Å². The minimum atomic E-state index is -2.16. The van der Waals surface area contributed by atoms with Crippen LogP contribution in [0.2, 0.25) is 0 Å². The third-order valence-corrected chi connectivity index (χ3v) is 12.1. The zero-order valence-corrected chi connectivity index (χ0v) is 37.4. The fourth-order valence-corrected chi connectivity index (χ4v) is 7.95. The Balaban J connectivity index is 1.83. The van der Waals surface area contributed by atoms with Crippen molar-refractivity contribution in [2.24, 2.45) is 23.5 Å². The molecule has 64 heavy (non-hydrogen) atoms. The third kappa shape index (κ3) is 18.4. The summed E-state index contributed by atoms with van der Waals surface area (Å²) in [6, 6.07) is -1.09. The summed E-state index contributed by atoms with van der Waals surface area (Å²) in [6.45, 7) is 6.28. The van der Waals surface area contributed by atoms with Crippen LogP contribution in [0.1, 0.15) is 79.1 Å². The second kappa shape index (κ2) is 27.6. The highest BCUT2D eigenvalue weighted by molar-refractivity contribution is 5.70. The molecule has 3 heterocycles. The van der Waals surface area contributed by atoms with Crippen LogP contribution in [0.15, 0.2) is 85.1 Å². The van der Waals surface area contributed by atoms with Crippen LogP contribution in [-0.4, -0.2) is 166 Å². The summed E-state index contributed by atoms with van der Waals surface area (Å²) < 4.78 is 23.4. The van der Waals surface area contributed by atoms with Crippen LogP contribution < -0.4 is 5.73 Å². The summed E-state index contributed by atoms with van der Waals surface area (Å²) in [4.78, 5) is 12.6. The summed E-state index contributed by atoms with van der Waals surface area (Å²) >= 11 is 0. The maximum absolute atomic E-state index is 12.6. The highest BCUT2D eigenvalue weighted by Crippen LogP contribution is 2.38. The van der Waals surface area contributed by atoms with E-state index in [1.54, 1.807) is 63.3 Å². The quantitative estimate of drug-likeness (QED) is 0.173. The molecule has 3 aliphatic heterocycles. The Morgan fingerprint density at radius 2 is 1.23 bits per heavy atom. The van der Waals surface area contributed by atoms with Gasteiger partial charge in [-0.2, -0.15) is 0 Å². The van der Waals surface area contributed by atoms with Gasteiger partial charge in [-0.3, -0.25) is 4.79 Å². The second-order valence-electron chi connectivity index (χ2n) is 17.6. The summed E-state index contributed by atoms with van der Waals surface area (Å²) in [6.07, 6.45) is 6.23. The number of ether oxygens (including phenoxy) is 4. The van der Waals surface area contributed by atoms with Gasteiger partial charge in [0.05, 0.1) is 86.2 Å². The molecular weight excluding hydrogens is 835 g/mol. The van der Waals surface area contributed by atoms with Crippen molar-refractivity contribution in [2.75, 3.05) is 6.61 Å². The molecule has 19 atom stereocenters. The molecule has 0 amide bonds. The maximum atomic E-state index is 12.6.